The van der Waals surface area contributed by atoms with Gasteiger partial charge >= 0.3 is 12.1 Å². The van der Waals surface area contributed by atoms with Gasteiger partial charge in [-0.15, -0.1) is 0 Å². The minimum Gasteiger partial charge on any atom is -0.453 e. The molecule has 9 heteroatoms. The van der Waals surface area contributed by atoms with Crippen LogP contribution in [-0.2, 0) is 11.3 Å². The highest BCUT2D eigenvalue weighted by Crippen LogP contribution is 2.33. The Hall–Kier alpha value is -3.75. The number of benzene rings is 1. The van der Waals surface area contributed by atoms with Gasteiger partial charge in [0.2, 0.25) is 0 Å². The number of rotatable bonds is 5. The molecule has 8 nitrogen and oxygen atoms in total. The van der Waals surface area contributed by atoms with Crippen LogP contribution in [0.15, 0.2) is 36.7 Å². The molecule has 0 aliphatic rings. The molecular weight excluding hydrogens is 389 g/mol. The van der Waals surface area contributed by atoms with Crippen molar-refractivity contribution in [2.24, 2.45) is 0 Å². The van der Waals surface area contributed by atoms with Crippen LogP contribution < -0.4 is 16.0 Å². The molecule has 2 aromatic heterocycles. The van der Waals surface area contributed by atoms with Crippen molar-refractivity contribution < 1.29 is 18.7 Å². The van der Waals surface area contributed by atoms with Crippen LogP contribution in [0.2, 0.25) is 0 Å². The van der Waals surface area contributed by atoms with Crippen LogP contribution in [0.5, 0.6) is 0 Å². The first-order valence-electron chi connectivity index (χ1n) is 9.33. The second kappa shape index (κ2) is 9.17. The first-order chi connectivity index (χ1) is 14.4. The van der Waals surface area contributed by atoms with E-state index in [2.05, 4.69) is 30.7 Å². The van der Waals surface area contributed by atoms with Gasteiger partial charge in [-0.3, -0.25) is 10.3 Å². The molecule has 0 aliphatic carbocycles. The second-order valence-electron chi connectivity index (χ2n) is 6.52. The lowest BCUT2D eigenvalue weighted by Crippen LogP contribution is -2.28. The van der Waals surface area contributed by atoms with Crippen LogP contribution in [-0.4, -0.2) is 35.7 Å². The molecule has 0 atom stereocenters. The number of carbonyl (C=O) groups excluding carboxylic acids is 2. The van der Waals surface area contributed by atoms with Crippen molar-refractivity contribution in [3.05, 3.63) is 53.7 Å². The summed E-state index contributed by atoms with van der Waals surface area (Å²) in [4.78, 5) is 31.6. The van der Waals surface area contributed by atoms with E-state index in [1.54, 1.807) is 44.3 Å². The van der Waals surface area contributed by atoms with Gasteiger partial charge in [0, 0.05) is 35.9 Å². The van der Waals surface area contributed by atoms with Crippen molar-refractivity contribution in [2.45, 2.75) is 20.4 Å². The fraction of sp³-hybridized carbons (Fsp3) is 0.238. The summed E-state index contributed by atoms with van der Waals surface area (Å²) in [6.45, 7) is 4.26. The third-order valence-corrected chi connectivity index (χ3v) is 4.46. The third kappa shape index (κ3) is 4.62. The third-order valence-electron chi connectivity index (χ3n) is 4.46. The molecule has 2 heterocycles. The quantitative estimate of drug-likeness (QED) is 0.593. The lowest BCUT2D eigenvalue weighted by Gasteiger charge is -2.14. The lowest BCUT2D eigenvalue weighted by atomic mass is 9.96. The first-order valence-corrected chi connectivity index (χ1v) is 9.33. The monoisotopic (exact) mass is 411 g/mol. The highest BCUT2D eigenvalue weighted by atomic mass is 19.1. The minimum absolute atomic E-state index is 0.200. The number of aromatic nitrogens is 2. The molecule has 1 aromatic carbocycles. The number of hydrogen-bond donors (Lipinski definition) is 3. The maximum atomic E-state index is 14.6. The second-order valence-corrected chi connectivity index (χ2v) is 6.52. The normalized spacial score (nSPS) is 10.5. The zero-order valence-corrected chi connectivity index (χ0v) is 16.9. The van der Waals surface area contributed by atoms with Crippen LogP contribution in [0.4, 0.5) is 19.8 Å². The molecule has 0 bridgehead atoms. The Morgan fingerprint density at radius 2 is 1.87 bits per heavy atom. The summed E-state index contributed by atoms with van der Waals surface area (Å²) >= 11 is 0. The number of anilines is 1. The van der Waals surface area contributed by atoms with E-state index in [0.717, 1.165) is 5.56 Å². The average molecular weight is 411 g/mol. The Kier molecular flexibility index (Phi) is 6.41. The summed E-state index contributed by atoms with van der Waals surface area (Å²) in [7, 11) is 1.28. The topological polar surface area (TPSA) is 105 Å². The van der Waals surface area contributed by atoms with E-state index in [0.29, 0.717) is 40.0 Å². The maximum absolute atomic E-state index is 14.6. The molecule has 3 amide bonds. The van der Waals surface area contributed by atoms with E-state index in [9.17, 15) is 14.0 Å². The minimum atomic E-state index is -0.564. The van der Waals surface area contributed by atoms with Gasteiger partial charge in [-0.25, -0.2) is 19.0 Å². The van der Waals surface area contributed by atoms with Gasteiger partial charge in [0.05, 0.1) is 13.3 Å². The molecule has 0 fully saturated rings. The largest absolute Gasteiger partial charge is 0.453 e. The van der Waals surface area contributed by atoms with Crippen molar-refractivity contribution in [1.29, 1.82) is 0 Å². The predicted octanol–water partition coefficient (Wildman–Crippen LogP) is 3.74. The van der Waals surface area contributed by atoms with Gasteiger partial charge in [-0.1, -0.05) is 12.1 Å². The van der Waals surface area contributed by atoms with E-state index >= 15 is 0 Å². The molecule has 0 saturated heterocycles. The Morgan fingerprint density at radius 3 is 2.60 bits per heavy atom. The number of nitrogens with one attached hydrogen (secondary N) is 3. The smallest absolute Gasteiger partial charge is 0.407 e. The fourth-order valence-electron chi connectivity index (χ4n) is 3.07. The Bertz CT molecular complexity index is 1100. The number of fused-ring (bicyclic) bond motifs is 1. The number of urea groups is 1. The van der Waals surface area contributed by atoms with Crippen molar-refractivity contribution in [3.63, 3.8) is 0 Å². The number of nitrogens with zero attached hydrogens (tertiary/aromatic N) is 2. The standard InChI is InChI=1S/C21H22FN5O3/c1-4-23-20(28)27-19-8-15-14(16-7-12(2)24-11-18(16)22)6-5-13(17(15)10-25-19)9-26-21(29)30-3/h5-8,10-11H,4,9H2,1-3H3,(H,26,29)(H2,23,25,27,28). The molecule has 3 N–H and O–H groups in total. The van der Waals surface area contributed by atoms with E-state index in [1.165, 1.54) is 13.3 Å². The summed E-state index contributed by atoms with van der Waals surface area (Å²) in [6, 6.07) is 6.51. The molecule has 3 aromatic rings. The van der Waals surface area contributed by atoms with E-state index in [-0.39, 0.29) is 12.6 Å². The maximum Gasteiger partial charge on any atom is 0.407 e. The highest BCUT2D eigenvalue weighted by Gasteiger charge is 2.15. The van der Waals surface area contributed by atoms with Crippen molar-refractivity contribution in [1.82, 2.24) is 20.6 Å². The number of halogens is 1. The van der Waals surface area contributed by atoms with Gasteiger partial charge in [0.25, 0.3) is 0 Å². The molecule has 156 valence electrons. The van der Waals surface area contributed by atoms with Crippen LogP contribution in [0.1, 0.15) is 18.2 Å². The van der Waals surface area contributed by atoms with E-state index in [4.69, 9.17) is 0 Å². The highest BCUT2D eigenvalue weighted by molar-refractivity contribution is 6.01. The van der Waals surface area contributed by atoms with Crippen molar-refractivity contribution in [2.75, 3.05) is 19.0 Å². The fourth-order valence-corrected chi connectivity index (χ4v) is 3.07. The summed E-state index contributed by atoms with van der Waals surface area (Å²) in [5.74, 6) is -0.142. The number of amides is 3. The molecule has 0 unspecified atom stereocenters. The molecule has 0 saturated carbocycles. The summed E-state index contributed by atoms with van der Waals surface area (Å²) in [5.41, 5.74) is 2.44. The molecule has 0 aliphatic heterocycles. The van der Waals surface area contributed by atoms with Crippen LogP contribution in [0.25, 0.3) is 21.9 Å². The average Bonchev–Trinajstić information content (AvgIpc) is 2.73. The van der Waals surface area contributed by atoms with Gasteiger partial charge in [-0.05, 0) is 42.5 Å². The van der Waals surface area contributed by atoms with Crippen LogP contribution in [0, 0.1) is 12.7 Å². The van der Waals surface area contributed by atoms with E-state index in [1.807, 2.05) is 0 Å². The number of ether oxygens (including phenoxy) is 1. The zero-order chi connectivity index (χ0) is 21.7. The Labute approximate surface area is 172 Å². The van der Waals surface area contributed by atoms with Crippen LogP contribution in [0.3, 0.4) is 0 Å². The molecule has 3 rings (SSSR count). The Balaban J connectivity index is 2.13. The number of pyridine rings is 2. The first kappa shape index (κ1) is 21.0. The summed E-state index contributed by atoms with van der Waals surface area (Å²) in [6.07, 6.45) is 2.20. The van der Waals surface area contributed by atoms with Gasteiger partial charge in [-0.2, -0.15) is 0 Å². The molecule has 0 spiro atoms. The van der Waals surface area contributed by atoms with E-state index < -0.39 is 11.9 Å². The zero-order valence-electron chi connectivity index (χ0n) is 16.9. The number of hydrogen-bond acceptors (Lipinski definition) is 5. The number of carbonyl (C=O) groups is 2. The van der Waals surface area contributed by atoms with Gasteiger partial charge in [0.15, 0.2) is 0 Å². The van der Waals surface area contributed by atoms with Crippen molar-refractivity contribution >= 4 is 28.7 Å². The van der Waals surface area contributed by atoms with Crippen molar-refractivity contribution in [3.8, 4) is 11.1 Å². The number of methoxy groups -OCH3 is 1. The number of aryl methyl sites for hydroxylation is 1. The van der Waals surface area contributed by atoms with Gasteiger partial charge in [0.1, 0.15) is 11.6 Å². The predicted molar refractivity (Wildman–Crippen MR) is 112 cm³/mol. The summed E-state index contributed by atoms with van der Waals surface area (Å²) in [5, 5.41) is 9.31. The number of alkyl carbamates (subject to hydrolysis) is 1. The Morgan fingerprint density at radius 1 is 1.07 bits per heavy atom. The SMILES string of the molecule is CCNC(=O)Nc1cc2c(-c3cc(C)ncc3F)ccc(CNC(=O)OC)c2cn1. The summed E-state index contributed by atoms with van der Waals surface area (Å²) < 4.78 is 19.2. The lowest BCUT2D eigenvalue weighted by molar-refractivity contribution is 0.170. The molecular formula is C21H22FN5O3. The van der Waals surface area contributed by atoms with Crippen LogP contribution >= 0.6 is 0 Å². The molecule has 0 radical (unpaired) electrons. The molecule has 30 heavy (non-hydrogen) atoms. The van der Waals surface area contributed by atoms with Gasteiger partial charge < -0.3 is 15.4 Å².